The van der Waals surface area contributed by atoms with Crippen LogP contribution in [0.4, 0.5) is 0 Å². The Balaban J connectivity index is 1.81. The van der Waals surface area contributed by atoms with Gasteiger partial charge in [0.1, 0.15) is 17.0 Å². The fourth-order valence-electron chi connectivity index (χ4n) is 2.39. The standard InChI is InChI=1S/C13H15N3O2S/c14-6-10-2-1-4-16(10)13(17)11-8-19-12(15-11)9-3-5-18-7-9/h3,5,7-8,10H,1-2,4,6,14H2. The van der Waals surface area contributed by atoms with E-state index >= 15 is 0 Å². The van der Waals surface area contributed by atoms with E-state index in [4.69, 9.17) is 10.2 Å². The van der Waals surface area contributed by atoms with Gasteiger partial charge >= 0.3 is 0 Å². The van der Waals surface area contributed by atoms with Crippen molar-refractivity contribution in [3.63, 3.8) is 0 Å². The molecule has 6 heteroatoms. The summed E-state index contributed by atoms with van der Waals surface area (Å²) < 4.78 is 5.03. The molecule has 5 nitrogen and oxygen atoms in total. The van der Waals surface area contributed by atoms with Crippen LogP contribution in [-0.2, 0) is 0 Å². The molecule has 1 aliphatic heterocycles. The van der Waals surface area contributed by atoms with E-state index in [1.54, 1.807) is 17.9 Å². The van der Waals surface area contributed by atoms with E-state index in [1.807, 2.05) is 11.0 Å². The Labute approximate surface area is 115 Å². The minimum atomic E-state index is -0.0149. The number of furan rings is 1. The second-order valence-electron chi connectivity index (χ2n) is 4.58. The van der Waals surface area contributed by atoms with Gasteiger partial charge in [-0.2, -0.15) is 0 Å². The lowest BCUT2D eigenvalue weighted by Gasteiger charge is -2.22. The average molecular weight is 277 g/mol. The average Bonchev–Trinajstić information content (AvgIpc) is 3.16. The molecule has 3 heterocycles. The molecule has 0 spiro atoms. The third kappa shape index (κ3) is 2.29. The second-order valence-corrected chi connectivity index (χ2v) is 5.44. The first kappa shape index (κ1) is 12.4. The molecular weight excluding hydrogens is 262 g/mol. The fraction of sp³-hybridized carbons (Fsp3) is 0.385. The van der Waals surface area contributed by atoms with Crippen LogP contribution in [0.25, 0.3) is 10.6 Å². The maximum absolute atomic E-state index is 12.4. The lowest BCUT2D eigenvalue weighted by Crippen LogP contribution is -2.40. The number of nitrogens with two attached hydrogens (primary N) is 1. The summed E-state index contributed by atoms with van der Waals surface area (Å²) in [5.74, 6) is -0.0149. The SMILES string of the molecule is NCC1CCCN1C(=O)c1csc(-c2ccoc2)n1. The number of likely N-dealkylation sites (tertiary alicyclic amines) is 1. The smallest absolute Gasteiger partial charge is 0.273 e. The molecule has 0 aromatic carbocycles. The summed E-state index contributed by atoms with van der Waals surface area (Å²) in [4.78, 5) is 18.6. The first-order valence-electron chi connectivity index (χ1n) is 6.28. The van der Waals surface area contributed by atoms with E-state index in [0.717, 1.165) is 30.0 Å². The van der Waals surface area contributed by atoms with Crippen molar-refractivity contribution < 1.29 is 9.21 Å². The molecular formula is C13H15N3O2S. The Bertz CT molecular complexity index is 564. The van der Waals surface area contributed by atoms with Crippen molar-refractivity contribution in [1.82, 2.24) is 9.88 Å². The summed E-state index contributed by atoms with van der Waals surface area (Å²) >= 11 is 1.45. The molecule has 1 amide bonds. The normalized spacial score (nSPS) is 19.0. The number of carbonyl (C=O) groups excluding carboxylic acids is 1. The van der Waals surface area contributed by atoms with Crippen LogP contribution in [-0.4, -0.2) is 34.9 Å². The van der Waals surface area contributed by atoms with Crippen LogP contribution >= 0.6 is 11.3 Å². The lowest BCUT2D eigenvalue weighted by atomic mass is 10.2. The second kappa shape index (κ2) is 5.14. The van der Waals surface area contributed by atoms with E-state index in [9.17, 15) is 4.79 Å². The number of carbonyl (C=O) groups is 1. The van der Waals surface area contributed by atoms with Gasteiger partial charge < -0.3 is 15.1 Å². The number of hydrogen-bond donors (Lipinski definition) is 1. The molecule has 0 saturated carbocycles. The first-order chi connectivity index (χ1) is 9.29. The van der Waals surface area contributed by atoms with Crippen LogP contribution in [0, 0.1) is 0 Å². The van der Waals surface area contributed by atoms with Gasteiger partial charge in [0.15, 0.2) is 0 Å². The molecule has 3 rings (SSSR count). The predicted octanol–water partition coefficient (Wildman–Crippen LogP) is 1.97. The van der Waals surface area contributed by atoms with Crippen LogP contribution in [0.3, 0.4) is 0 Å². The van der Waals surface area contributed by atoms with Crippen LogP contribution in [0.1, 0.15) is 23.3 Å². The summed E-state index contributed by atoms with van der Waals surface area (Å²) in [6.07, 6.45) is 5.24. The van der Waals surface area contributed by atoms with Crippen molar-refractivity contribution in [3.05, 3.63) is 29.7 Å². The monoisotopic (exact) mass is 277 g/mol. The zero-order valence-corrected chi connectivity index (χ0v) is 11.2. The maximum Gasteiger partial charge on any atom is 0.273 e. The molecule has 1 fully saturated rings. The minimum Gasteiger partial charge on any atom is -0.472 e. The number of amides is 1. The van der Waals surface area contributed by atoms with Gasteiger partial charge in [0.05, 0.1) is 6.26 Å². The molecule has 19 heavy (non-hydrogen) atoms. The molecule has 0 aliphatic carbocycles. The molecule has 1 atom stereocenters. The van der Waals surface area contributed by atoms with E-state index in [0.29, 0.717) is 12.2 Å². The van der Waals surface area contributed by atoms with E-state index < -0.39 is 0 Å². The molecule has 1 saturated heterocycles. The van der Waals surface area contributed by atoms with Crippen LogP contribution in [0.15, 0.2) is 28.4 Å². The van der Waals surface area contributed by atoms with Crippen LogP contribution in [0.5, 0.6) is 0 Å². The summed E-state index contributed by atoms with van der Waals surface area (Å²) in [7, 11) is 0. The van der Waals surface area contributed by atoms with Crippen molar-refractivity contribution in [3.8, 4) is 10.6 Å². The highest BCUT2D eigenvalue weighted by Gasteiger charge is 2.29. The van der Waals surface area contributed by atoms with Gasteiger partial charge in [-0.05, 0) is 18.9 Å². The van der Waals surface area contributed by atoms with Gasteiger partial charge in [-0.25, -0.2) is 4.98 Å². The molecule has 2 aromatic rings. The van der Waals surface area contributed by atoms with Crippen molar-refractivity contribution in [2.45, 2.75) is 18.9 Å². The first-order valence-corrected chi connectivity index (χ1v) is 7.16. The largest absolute Gasteiger partial charge is 0.472 e. The third-order valence-electron chi connectivity index (χ3n) is 3.40. The highest BCUT2D eigenvalue weighted by atomic mass is 32.1. The fourth-order valence-corrected chi connectivity index (χ4v) is 3.17. The molecule has 0 radical (unpaired) electrons. The van der Waals surface area contributed by atoms with Gasteiger partial charge in [0.2, 0.25) is 0 Å². The van der Waals surface area contributed by atoms with E-state index in [-0.39, 0.29) is 11.9 Å². The summed E-state index contributed by atoms with van der Waals surface area (Å²) in [6.45, 7) is 1.30. The third-order valence-corrected chi connectivity index (χ3v) is 4.29. The van der Waals surface area contributed by atoms with Crippen molar-refractivity contribution in [1.29, 1.82) is 0 Å². The number of hydrogen-bond acceptors (Lipinski definition) is 5. The molecule has 1 aliphatic rings. The molecule has 100 valence electrons. The van der Waals surface area contributed by atoms with E-state index in [1.165, 1.54) is 11.3 Å². The number of aromatic nitrogens is 1. The Morgan fingerprint density at radius 3 is 3.26 bits per heavy atom. The number of rotatable bonds is 3. The van der Waals surface area contributed by atoms with E-state index in [2.05, 4.69) is 4.98 Å². The Hall–Kier alpha value is -1.66. The Kier molecular flexibility index (Phi) is 3.35. The zero-order chi connectivity index (χ0) is 13.2. The topological polar surface area (TPSA) is 72.4 Å². The zero-order valence-electron chi connectivity index (χ0n) is 10.4. The molecule has 1 unspecified atom stereocenters. The quantitative estimate of drug-likeness (QED) is 0.931. The van der Waals surface area contributed by atoms with Gasteiger partial charge in [0, 0.05) is 30.1 Å². The summed E-state index contributed by atoms with van der Waals surface area (Å²) in [5, 5.41) is 2.61. The van der Waals surface area contributed by atoms with Crippen molar-refractivity contribution in [2.75, 3.05) is 13.1 Å². The number of nitrogens with zero attached hydrogens (tertiary/aromatic N) is 2. The Morgan fingerprint density at radius 2 is 2.53 bits per heavy atom. The van der Waals surface area contributed by atoms with Gasteiger partial charge in [-0.3, -0.25) is 4.79 Å². The van der Waals surface area contributed by atoms with Gasteiger partial charge in [0.25, 0.3) is 5.91 Å². The predicted molar refractivity (Wildman–Crippen MR) is 72.9 cm³/mol. The molecule has 2 aromatic heterocycles. The van der Waals surface area contributed by atoms with Crippen molar-refractivity contribution in [2.24, 2.45) is 5.73 Å². The van der Waals surface area contributed by atoms with Gasteiger partial charge in [-0.15, -0.1) is 11.3 Å². The van der Waals surface area contributed by atoms with Gasteiger partial charge in [-0.1, -0.05) is 0 Å². The number of thiazole rings is 1. The molecule has 0 bridgehead atoms. The Morgan fingerprint density at radius 1 is 1.63 bits per heavy atom. The van der Waals surface area contributed by atoms with Crippen LogP contribution in [0.2, 0.25) is 0 Å². The summed E-state index contributed by atoms with van der Waals surface area (Å²) in [6, 6.07) is 2.00. The van der Waals surface area contributed by atoms with Crippen LogP contribution < -0.4 is 5.73 Å². The molecule has 2 N–H and O–H groups in total. The maximum atomic E-state index is 12.4. The minimum absolute atomic E-state index is 0.0149. The highest BCUT2D eigenvalue weighted by Crippen LogP contribution is 2.26. The highest BCUT2D eigenvalue weighted by molar-refractivity contribution is 7.13. The lowest BCUT2D eigenvalue weighted by molar-refractivity contribution is 0.0736. The van der Waals surface area contributed by atoms with Crippen molar-refractivity contribution >= 4 is 17.2 Å². The summed E-state index contributed by atoms with van der Waals surface area (Å²) in [5.41, 5.74) is 7.10.